The van der Waals surface area contributed by atoms with Crippen LogP contribution in [0.5, 0.6) is 0 Å². The highest BCUT2D eigenvalue weighted by molar-refractivity contribution is 5.81. The van der Waals surface area contributed by atoms with Gasteiger partial charge in [0.05, 0.1) is 11.6 Å². The molecular weight excluding hydrogens is 256 g/mol. The van der Waals surface area contributed by atoms with Gasteiger partial charge >= 0.3 is 5.97 Å². The summed E-state index contributed by atoms with van der Waals surface area (Å²) in [4.78, 5) is 24.4. The molecule has 1 aromatic heterocycles. The number of carbonyl (C=O) groups excluding carboxylic acids is 1. The number of nitrogens with zero attached hydrogens (tertiary/aromatic N) is 2. The van der Waals surface area contributed by atoms with Crippen molar-refractivity contribution < 1.29 is 9.53 Å². The van der Waals surface area contributed by atoms with Crippen LogP contribution < -0.4 is 5.56 Å². The van der Waals surface area contributed by atoms with E-state index in [0.717, 1.165) is 10.1 Å². The van der Waals surface area contributed by atoms with Crippen molar-refractivity contribution in [3.05, 3.63) is 40.8 Å². The van der Waals surface area contributed by atoms with Gasteiger partial charge in [-0.05, 0) is 33.8 Å². The quantitative estimate of drug-likeness (QED) is 0.788. The molecule has 5 nitrogen and oxygen atoms in total. The molecule has 1 heterocycles. The first kappa shape index (κ1) is 14.2. The number of fused-ring (bicyclic) bond motifs is 1. The lowest BCUT2D eigenvalue weighted by Crippen LogP contribution is -2.34. The molecule has 106 valence electrons. The lowest BCUT2D eigenvalue weighted by Gasteiger charge is -2.22. The van der Waals surface area contributed by atoms with Crippen LogP contribution in [0, 0.1) is 0 Å². The first-order valence-corrected chi connectivity index (χ1v) is 6.49. The van der Waals surface area contributed by atoms with E-state index in [0.29, 0.717) is 5.39 Å². The van der Waals surface area contributed by atoms with Crippen LogP contribution in [0.2, 0.25) is 0 Å². The van der Waals surface area contributed by atoms with Gasteiger partial charge in [-0.2, -0.15) is 5.10 Å². The van der Waals surface area contributed by atoms with E-state index in [9.17, 15) is 9.59 Å². The summed E-state index contributed by atoms with van der Waals surface area (Å²) in [5.41, 5.74) is -0.882. The van der Waals surface area contributed by atoms with Gasteiger partial charge in [0.25, 0.3) is 5.56 Å². The van der Waals surface area contributed by atoms with Gasteiger partial charge in [-0.25, -0.2) is 9.48 Å². The van der Waals surface area contributed by atoms with Crippen LogP contribution in [0.4, 0.5) is 0 Å². The molecule has 2 aromatic rings. The number of aromatic nitrogens is 2. The second kappa shape index (κ2) is 5.07. The number of esters is 1. The van der Waals surface area contributed by atoms with Gasteiger partial charge < -0.3 is 4.74 Å². The standard InChI is InChI=1S/C15H18N2O3/c1-10(14(19)20-15(2,3)4)17-13(18)12-8-6-5-7-11(12)9-16-17/h5-10H,1-4H3. The molecule has 1 unspecified atom stereocenters. The summed E-state index contributed by atoms with van der Waals surface area (Å²) in [6.07, 6.45) is 1.58. The smallest absolute Gasteiger partial charge is 0.331 e. The number of hydrogen-bond acceptors (Lipinski definition) is 4. The minimum absolute atomic E-state index is 0.290. The Morgan fingerprint density at radius 2 is 1.95 bits per heavy atom. The van der Waals surface area contributed by atoms with E-state index in [1.165, 1.54) is 0 Å². The molecule has 0 fully saturated rings. The van der Waals surface area contributed by atoms with Crippen molar-refractivity contribution >= 4 is 16.7 Å². The minimum Gasteiger partial charge on any atom is -0.458 e. The van der Waals surface area contributed by atoms with E-state index in [2.05, 4.69) is 5.10 Å². The van der Waals surface area contributed by atoms with E-state index in [-0.39, 0.29) is 5.56 Å². The topological polar surface area (TPSA) is 61.2 Å². The van der Waals surface area contributed by atoms with Crippen LogP contribution >= 0.6 is 0 Å². The van der Waals surface area contributed by atoms with E-state index >= 15 is 0 Å². The van der Waals surface area contributed by atoms with Crippen molar-refractivity contribution in [2.45, 2.75) is 39.3 Å². The molecule has 0 bridgehead atoms. The van der Waals surface area contributed by atoms with Crippen LogP contribution in [-0.2, 0) is 9.53 Å². The number of rotatable bonds is 2. The molecule has 0 spiro atoms. The Bertz CT molecular complexity index is 698. The van der Waals surface area contributed by atoms with Crippen molar-refractivity contribution in [2.75, 3.05) is 0 Å². The number of hydrogen-bond donors (Lipinski definition) is 0. The third kappa shape index (κ3) is 2.87. The van der Waals surface area contributed by atoms with Gasteiger partial charge in [-0.1, -0.05) is 18.2 Å². The predicted molar refractivity (Wildman–Crippen MR) is 76.6 cm³/mol. The van der Waals surface area contributed by atoms with Crippen molar-refractivity contribution in [3.63, 3.8) is 0 Å². The molecule has 0 amide bonds. The predicted octanol–water partition coefficient (Wildman–Crippen LogP) is 2.30. The van der Waals surface area contributed by atoms with Gasteiger partial charge in [0.2, 0.25) is 0 Å². The molecule has 0 N–H and O–H groups in total. The molecule has 0 radical (unpaired) electrons. The second-order valence-corrected chi connectivity index (χ2v) is 5.69. The van der Waals surface area contributed by atoms with E-state index in [4.69, 9.17) is 4.74 Å². The van der Waals surface area contributed by atoms with E-state index < -0.39 is 17.6 Å². The zero-order valence-corrected chi connectivity index (χ0v) is 12.1. The number of carbonyl (C=O) groups is 1. The van der Waals surface area contributed by atoms with E-state index in [1.807, 2.05) is 12.1 Å². The molecule has 20 heavy (non-hydrogen) atoms. The maximum atomic E-state index is 12.3. The zero-order chi connectivity index (χ0) is 14.9. The highest BCUT2D eigenvalue weighted by Gasteiger charge is 2.24. The first-order chi connectivity index (χ1) is 9.29. The molecule has 1 aromatic carbocycles. The average molecular weight is 274 g/mol. The lowest BCUT2D eigenvalue weighted by molar-refractivity contribution is -0.158. The Labute approximate surface area is 117 Å². The lowest BCUT2D eigenvalue weighted by atomic mass is 10.2. The fraction of sp³-hybridized carbons (Fsp3) is 0.400. The Hall–Kier alpha value is -2.17. The molecule has 0 aliphatic carbocycles. The van der Waals surface area contributed by atoms with Crippen molar-refractivity contribution in [3.8, 4) is 0 Å². The first-order valence-electron chi connectivity index (χ1n) is 6.49. The highest BCUT2D eigenvalue weighted by Crippen LogP contribution is 2.14. The Balaban J connectivity index is 2.40. The third-order valence-electron chi connectivity index (χ3n) is 2.84. The van der Waals surface area contributed by atoms with Crippen LogP contribution in [0.1, 0.15) is 33.7 Å². The summed E-state index contributed by atoms with van der Waals surface area (Å²) in [5.74, 6) is -0.470. The average Bonchev–Trinajstić information content (AvgIpc) is 2.37. The summed E-state index contributed by atoms with van der Waals surface area (Å²) < 4.78 is 6.45. The fourth-order valence-electron chi connectivity index (χ4n) is 1.87. The summed E-state index contributed by atoms with van der Waals surface area (Å²) in [6.45, 7) is 6.97. The zero-order valence-electron chi connectivity index (χ0n) is 12.1. The third-order valence-corrected chi connectivity index (χ3v) is 2.84. The van der Waals surface area contributed by atoms with Crippen LogP contribution in [0.25, 0.3) is 10.8 Å². The molecule has 0 aliphatic rings. The fourth-order valence-corrected chi connectivity index (χ4v) is 1.87. The Morgan fingerprint density at radius 1 is 1.30 bits per heavy atom. The largest absolute Gasteiger partial charge is 0.458 e. The molecule has 2 rings (SSSR count). The molecular formula is C15H18N2O3. The SMILES string of the molecule is CC(C(=O)OC(C)(C)C)n1ncc2ccccc2c1=O. The summed E-state index contributed by atoms with van der Waals surface area (Å²) in [7, 11) is 0. The minimum atomic E-state index is -0.758. The second-order valence-electron chi connectivity index (χ2n) is 5.69. The highest BCUT2D eigenvalue weighted by atomic mass is 16.6. The summed E-state index contributed by atoms with van der Waals surface area (Å²) in [6, 6.07) is 6.40. The molecule has 0 saturated heterocycles. The van der Waals surface area contributed by atoms with Gasteiger partial charge in [0.1, 0.15) is 5.60 Å². The molecule has 5 heteroatoms. The number of benzene rings is 1. The molecule has 1 atom stereocenters. The van der Waals surface area contributed by atoms with Gasteiger partial charge in [0, 0.05) is 5.39 Å². The Kier molecular flexibility index (Phi) is 3.61. The normalized spacial score (nSPS) is 13.2. The van der Waals surface area contributed by atoms with Crippen molar-refractivity contribution in [2.24, 2.45) is 0 Å². The maximum Gasteiger partial charge on any atom is 0.331 e. The summed E-state index contributed by atoms with van der Waals surface area (Å²) >= 11 is 0. The maximum absolute atomic E-state index is 12.3. The van der Waals surface area contributed by atoms with Crippen molar-refractivity contribution in [1.82, 2.24) is 9.78 Å². The molecule has 0 aliphatic heterocycles. The van der Waals surface area contributed by atoms with Crippen molar-refractivity contribution in [1.29, 1.82) is 0 Å². The van der Waals surface area contributed by atoms with Gasteiger partial charge in [-0.15, -0.1) is 0 Å². The van der Waals surface area contributed by atoms with E-state index in [1.54, 1.807) is 46.0 Å². The molecule has 0 saturated carbocycles. The Morgan fingerprint density at radius 3 is 2.60 bits per heavy atom. The van der Waals surface area contributed by atoms with Crippen LogP contribution in [0.15, 0.2) is 35.3 Å². The monoisotopic (exact) mass is 274 g/mol. The van der Waals surface area contributed by atoms with Gasteiger partial charge in [-0.3, -0.25) is 4.79 Å². The number of ether oxygens (including phenoxy) is 1. The summed E-state index contributed by atoms with van der Waals surface area (Å²) in [5, 5.41) is 5.36. The van der Waals surface area contributed by atoms with Crippen LogP contribution in [0.3, 0.4) is 0 Å². The van der Waals surface area contributed by atoms with Gasteiger partial charge in [0.15, 0.2) is 6.04 Å². The van der Waals surface area contributed by atoms with Crippen LogP contribution in [-0.4, -0.2) is 21.4 Å².